The lowest BCUT2D eigenvalue weighted by Gasteiger charge is -2.22. The zero-order chi connectivity index (χ0) is 15.5. The summed E-state index contributed by atoms with van der Waals surface area (Å²) in [6, 6.07) is 0.906. The molecule has 1 aliphatic rings. The standard InChI is InChI=1S/C11H14N4O5S/c1-21(18,19)20-6-7-4-5-12-15-10(7)13-8-2-3-9(16)14-11(8)17/h4-5,8H,2-3,6H2,1H3,(H,13,15)(H,14,16,17). The van der Waals surface area contributed by atoms with Crippen molar-refractivity contribution >= 4 is 27.8 Å². The molecule has 1 saturated heterocycles. The van der Waals surface area contributed by atoms with E-state index >= 15 is 0 Å². The molecule has 1 aliphatic heterocycles. The number of carbonyl (C=O) groups excluding carboxylic acids is 2. The normalized spacial score (nSPS) is 19.2. The van der Waals surface area contributed by atoms with Gasteiger partial charge in [0, 0.05) is 12.0 Å². The lowest BCUT2D eigenvalue weighted by molar-refractivity contribution is -0.133. The van der Waals surface area contributed by atoms with E-state index in [9.17, 15) is 18.0 Å². The Morgan fingerprint density at radius 1 is 1.48 bits per heavy atom. The highest BCUT2D eigenvalue weighted by Gasteiger charge is 2.27. The molecule has 1 atom stereocenters. The Labute approximate surface area is 121 Å². The van der Waals surface area contributed by atoms with Gasteiger partial charge in [0.05, 0.1) is 19.1 Å². The molecule has 0 spiro atoms. The van der Waals surface area contributed by atoms with E-state index in [1.54, 1.807) is 0 Å². The van der Waals surface area contributed by atoms with Crippen LogP contribution in [0.3, 0.4) is 0 Å². The summed E-state index contributed by atoms with van der Waals surface area (Å²) in [6.45, 7) is -0.218. The summed E-state index contributed by atoms with van der Waals surface area (Å²) in [5.41, 5.74) is 0.445. The Bertz CT molecular complexity index is 660. The number of hydrogen-bond donors (Lipinski definition) is 2. The maximum Gasteiger partial charge on any atom is 0.264 e. The molecule has 2 amide bonds. The average molecular weight is 314 g/mol. The molecule has 2 N–H and O–H groups in total. The first kappa shape index (κ1) is 15.3. The molecule has 1 aromatic rings. The van der Waals surface area contributed by atoms with Crippen molar-refractivity contribution < 1.29 is 22.2 Å². The fourth-order valence-corrected chi connectivity index (χ4v) is 2.10. The molecular weight excluding hydrogens is 300 g/mol. The zero-order valence-electron chi connectivity index (χ0n) is 11.2. The van der Waals surface area contributed by atoms with E-state index in [1.807, 2.05) is 0 Å². The lowest BCUT2D eigenvalue weighted by Crippen LogP contribution is -2.47. The molecule has 2 heterocycles. The number of nitrogens with zero attached hydrogens (tertiary/aromatic N) is 2. The predicted molar refractivity (Wildman–Crippen MR) is 71.5 cm³/mol. The highest BCUT2D eigenvalue weighted by Crippen LogP contribution is 2.16. The van der Waals surface area contributed by atoms with Crippen LogP contribution in [0, 0.1) is 0 Å². The van der Waals surface area contributed by atoms with Crippen molar-refractivity contribution in [1.82, 2.24) is 15.5 Å². The largest absolute Gasteiger partial charge is 0.357 e. The Kier molecular flexibility index (Phi) is 4.48. The third kappa shape index (κ3) is 4.46. The minimum Gasteiger partial charge on any atom is -0.357 e. The monoisotopic (exact) mass is 314 g/mol. The van der Waals surface area contributed by atoms with Gasteiger partial charge in [-0.1, -0.05) is 0 Å². The highest BCUT2D eigenvalue weighted by atomic mass is 32.2. The van der Waals surface area contributed by atoms with E-state index in [0.29, 0.717) is 12.0 Å². The second-order valence-electron chi connectivity index (χ2n) is 4.52. The van der Waals surface area contributed by atoms with Crippen molar-refractivity contribution in [3.63, 3.8) is 0 Å². The molecule has 0 aromatic carbocycles. The van der Waals surface area contributed by atoms with Gasteiger partial charge in [-0.2, -0.15) is 13.5 Å². The highest BCUT2D eigenvalue weighted by molar-refractivity contribution is 7.85. The summed E-state index contributed by atoms with van der Waals surface area (Å²) in [7, 11) is -3.59. The topological polar surface area (TPSA) is 127 Å². The Balaban J connectivity index is 2.09. The van der Waals surface area contributed by atoms with Gasteiger partial charge in [0.1, 0.15) is 6.04 Å². The van der Waals surface area contributed by atoms with Crippen LogP contribution in [0.5, 0.6) is 0 Å². The summed E-state index contributed by atoms with van der Waals surface area (Å²) in [6.07, 6.45) is 2.87. The van der Waals surface area contributed by atoms with E-state index in [0.717, 1.165) is 6.26 Å². The van der Waals surface area contributed by atoms with Gasteiger partial charge in [-0.15, -0.1) is 5.10 Å². The number of anilines is 1. The lowest BCUT2D eigenvalue weighted by atomic mass is 10.1. The van der Waals surface area contributed by atoms with Crippen molar-refractivity contribution in [2.75, 3.05) is 11.6 Å². The second-order valence-corrected chi connectivity index (χ2v) is 6.16. The van der Waals surface area contributed by atoms with Crippen LogP contribution in [-0.2, 0) is 30.5 Å². The summed E-state index contributed by atoms with van der Waals surface area (Å²) >= 11 is 0. The maximum absolute atomic E-state index is 11.7. The molecule has 9 nitrogen and oxygen atoms in total. The first-order valence-corrected chi connectivity index (χ1v) is 7.92. The first-order valence-electron chi connectivity index (χ1n) is 6.10. The minimum atomic E-state index is -3.59. The molecule has 0 bridgehead atoms. The molecule has 0 aliphatic carbocycles. The average Bonchev–Trinajstić information content (AvgIpc) is 2.40. The second kappa shape index (κ2) is 6.14. The van der Waals surface area contributed by atoms with Gasteiger partial charge >= 0.3 is 0 Å². The van der Waals surface area contributed by atoms with E-state index in [4.69, 9.17) is 4.18 Å². The summed E-state index contributed by atoms with van der Waals surface area (Å²) in [5.74, 6) is -0.527. The number of nitrogens with one attached hydrogen (secondary N) is 2. The van der Waals surface area contributed by atoms with Crippen molar-refractivity contribution in [3.8, 4) is 0 Å². The molecule has 0 radical (unpaired) electrons. The molecular formula is C11H14N4O5S. The smallest absolute Gasteiger partial charge is 0.264 e. The summed E-state index contributed by atoms with van der Waals surface area (Å²) < 4.78 is 26.7. The zero-order valence-corrected chi connectivity index (χ0v) is 12.0. The van der Waals surface area contributed by atoms with Crippen LogP contribution in [0.25, 0.3) is 0 Å². The van der Waals surface area contributed by atoms with Crippen LogP contribution >= 0.6 is 0 Å². The number of carbonyl (C=O) groups is 2. The fraction of sp³-hybridized carbons (Fsp3) is 0.455. The van der Waals surface area contributed by atoms with Crippen molar-refractivity contribution in [3.05, 3.63) is 17.8 Å². The quantitative estimate of drug-likeness (QED) is 0.532. The third-order valence-corrected chi connectivity index (χ3v) is 3.33. The summed E-state index contributed by atoms with van der Waals surface area (Å²) in [4.78, 5) is 22.7. The Morgan fingerprint density at radius 3 is 2.90 bits per heavy atom. The first-order chi connectivity index (χ1) is 9.85. The number of rotatable bonds is 5. The van der Waals surface area contributed by atoms with Gasteiger partial charge in [-0.25, -0.2) is 0 Å². The SMILES string of the molecule is CS(=O)(=O)OCc1ccnnc1NC1CCC(=O)NC1=O. The van der Waals surface area contributed by atoms with Crippen LogP contribution < -0.4 is 10.6 Å². The molecule has 1 fully saturated rings. The summed E-state index contributed by atoms with van der Waals surface area (Å²) in [5, 5.41) is 12.6. The Hall–Kier alpha value is -2.07. The van der Waals surface area contributed by atoms with Crippen LogP contribution in [0.4, 0.5) is 5.82 Å². The van der Waals surface area contributed by atoms with Gasteiger partial charge in [0.25, 0.3) is 10.1 Å². The predicted octanol–water partition coefficient (Wildman–Crippen LogP) is -0.830. The number of amides is 2. The van der Waals surface area contributed by atoms with Crippen molar-refractivity contribution in [1.29, 1.82) is 0 Å². The van der Waals surface area contributed by atoms with Crippen LogP contribution in [0.1, 0.15) is 18.4 Å². The Morgan fingerprint density at radius 2 is 2.24 bits per heavy atom. The van der Waals surface area contributed by atoms with Gasteiger partial charge in [0.2, 0.25) is 11.8 Å². The van der Waals surface area contributed by atoms with Gasteiger partial charge in [-0.3, -0.25) is 19.1 Å². The molecule has 10 heteroatoms. The fourth-order valence-electron chi connectivity index (χ4n) is 1.76. The minimum absolute atomic E-state index is 0.218. The third-order valence-electron chi connectivity index (χ3n) is 2.78. The molecule has 0 saturated carbocycles. The van der Waals surface area contributed by atoms with Gasteiger partial charge in [0.15, 0.2) is 5.82 Å². The molecule has 1 unspecified atom stereocenters. The van der Waals surface area contributed by atoms with Gasteiger partial charge in [-0.05, 0) is 12.5 Å². The molecule has 2 rings (SSSR count). The number of imide groups is 1. The molecule has 1 aromatic heterocycles. The number of piperidine rings is 1. The van der Waals surface area contributed by atoms with Crippen LogP contribution in [0.2, 0.25) is 0 Å². The number of hydrogen-bond acceptors (Lipinski definition) is 8. The van der Waals surface area contributed by atoms with E-state index in [2.05, 4.69) is 20.8 Å². The molecule has 114 valence electrons. The van der Waals surface area contributed by atoms with E-state index < -0.39 is 22.1 Å². The van der Waals surface area contributed by atoms with Crippen molar-refractivity contribution in [2.45, 2.75) is 25.5 Å². The van der Waals surface area contributed by atoms with Crippen LogP contribution in [-0.4, -0.2) is 42.7 Å². The van der Waals surface area contributed by atoms with Gasteiger partial charge < -0.3 is 5.32 Å². The van der Waals surface area contributed by atoms with Crippen molar-refractivity contribution in [2.24, 2.45) is 0 Å². The van der Waals surface area contributed by atoms with E-state index in [1.165, 1.54) is 12.3 Å². The van der Waals surface area contributed by atoms with E-state index in [-0.39, 0.29) is 24.8 Å². The number of aromatic nitrogens is 2. The van der Waals surface area contributed by atoms with Crippen LogP contribution in [0.15, 0.2) is 12.3 Å². The maximum atomic E-state index is 11.7. The molecule has 21 heavy (non-hydrogen) atoms.